The highest BCUT2D eigenvalue weighted by molar-refractivity contribution is 7.89. The molecule has 0 unspecified atom stereocenters. The van der Waals surface area contributed by atoms with Crippen LogP contribution in [0.2, 0.25) is 10.0 Å². The molecule has 0 fully saturated rings. The van der Waals surface area contributed by atoms with Crippen molar-refractivity contribution in [2.75, 3.05) is 12.3 Å². The lowest BCUT2D eigenvalue weighted by Crippen LogP contribution is -2.25. The van der Waals surface area contributed by atoms with Crippen LogP contribution in [0.1, 0.15) is 26.7 Å². The fourth-order valence-electron chi connectivity index (χ4n) is 1.63. The minimum Gasteiger partial charge on any atom is -0.399 e. The van der Waals surface area contributed by atoms with E-state index in [0.29, 0.717) is 18.2 Å². The third kappa shape index (κ3) is 4.84. The number of benzene rings is 1. The van der Waals surface area contributed by atoms with Crippen LogP contribution in [0.3, 0.4) is 0 Å². The van der Waals surface area contributed by atoms with Gasteiger partial charge in [-0.2, -0.15) is 0 Å². The fourth-order valence-corrected chi connectivity index (χ4v) is 3.93. The highest BCUT2D eigenvalue weighted by Crippen LogP contribution is 2.31. The minimum atomic E-state index is -3.71. The summed E-state index contributed by atoms with van der Waals surface area (Å²) in [6.45, 7) is 4.53. The third-order valence-electron chi connectivity index (χ3n) is 2.54. The summed E-state index contributed by atoms with van der Waals surface area (Å²) in [4.78, 5) is -0.116. The SMILES string of the molecule is CC(C)CCCNS(=O)(=O)c1c(Cl)cc(N)cc1Cl. The third-order valence-corrected chi connectivity index (χ3v) is 4.92. The Hall–Kier alpha value is -0.490. The summed E-state index contributed by atoms with van der Waals surface area (Å²) in [5.74, 6) is 0.535. The van der Waals surface area contributed by atoms with Gasteiger partial charge in [0.25, 0.3) is 0 Å². The molecule has 0 aliphatic rings. The fraction of sp³-hybridized carbons (Fsp3) is 0.500. The first-order valence-electron chi connectivity index (χ1n) is 5.98. The van der Waals surface area contributed by atoms with Crippen LogP contribution in [-0.4, -0.2) is 15.0 Å². The van der Waals surface area contributed by atoms with Gasteiger partial charge in [0.05, 0.1) is 10.0 Å². The van der Waals surface area contributed by atoms with E-state index in [1.54, 1.807) is 0 Å². The van der Waals surface area contributed by atoms with Gasteiger partial charge in [0.1, 0.15) is 4.90 Å². The zero-order chi connectivity index (χ0) is 14.6. The number of rotatable bonds is 6. The zero-order valence-electron chi connectivity index (χ0n) is 10.9. The lowest BCUT2D eigenvalue weighted by atomic mass is 10.1. The molecule has 0 aliphatic heterocycles. The van der Waals surface area contributed by atoms with Gasteiger partial charge in [0.15, 0.2) is 0 Å². The first-order chi connectivity index (χ1) is 8.74. The minimum absolute atomic E-state index is 0.0290. The van der Waals surface area contributed by atoms with E-state index in [0.717, 1.165) is 12.8 Å². The Morgan fingerprint density at radius 2 is 1.79 bits per heavy atom. The molecule has 0 aromatic heterocycles. The van der Waals surface area contributed by atoms with Crippen LogP contribution >= 0.6 is 23.2 Å². The van der Waals surface area contributed by atoms with Crippen molar-refractivity contribution < 1.29 is 8.42 Å². The second-order valence-corrected chi connectivity index (χ2v) is 7.27. The summed E-state index contributed by atoms with van der Waals surface area (Å²) in [5, 5.41) is 0.0581. The molecule has 0 saturated carbocycles. The highest BCUT2D eigenvalue weighted by Gasteiger charge is 2.21. The molecule has 0 spiro atoms. The smallest absolute Gasteiger partial charge is 0.243 e. The van der Waals surface area contributed by atoms with E-state index in [4.69, 9.17) is 28.9 Å². The van der Waals surface area contributed by atoms with Crippen LogP contribution in [0, 0.1) is 5.92 Å². The molecule has 7 heteroatoms. The number of halogens is 2. The monoisotopic (exact) mass is 324 g/mol. The number of anilines is 1. The summed E-state index contributed by atoms with van der Waals surface area (Å²) < 4.78 is 26.7. The number of nitrogens with two attached hydrogens (primary N) is 1. The summed E-state index contributed by atoms with van der Waals surface area (Å²) in [5.41, 5.74) is 5.87. The van der Waals surface area contributed by atoms with Gasteiger partial charge >= 0.3 is 0 Å². The molecule has 1 aromatic carbocycles. The Morgan fingerprint density at radius 1 is 1.26 bits per heavy atom. The van der Waals surface area contributed by atoms with Crippen molar-refractivity contribution >= 4 is 38.9 Å². The normalized spacial score (nSPS) is 12.1. The van der Waals surface area contributed by atoms with Gasteiger partial charge in [-0.15, -0.1) is 0 Å². The first-order valence-corrected chi connectivity index (χ1v) is 8.22. The summed E-state index contributed by atoms with van der Waals surface area (Å²) in [7, 11) is -3.71. The van der Waals surface area contributed by atoms with Crippen LogP contribution < -0.4 is 10.5 Å². The molecule has 19 heavy (non-hydrogen) atoms. The molecule has 4 nitrogen and oxygen atoms in total. The standard InChI is InChI=1S/C12H18Cl2N2O2S/c1-8(2)4-3-5-16-19(17,18)12-10(13)6-9(15)7-11(12)14/h6-8,16H,3-5,15H2,1-2H3. The predicted octanol–water partition coefficient (Wildman–Crippen LogP) is 3.29. The molecular weight excluding hydrogens is 307 g/mol. The Kier molecular flexibility index (Phi) is 5.92. The van der Waals surface area contributed by atoms with Gasteiger partial charge in [-0.1, -0.05) is 37.0 Å². The van der Waals surface area contributed by atoms with Crippen LogP contribution in [0.15, 0.2) is 17.0 Å². The van der Waals surface area contributed by atoms with E-state index in [1.165, 1.54) is 12.1 Å². The van der Waals surface area contributed by atoms with Crippen LogP contribution in [0.4, 0.5) is 5.69 Å². The largest absolute Gasteiger partial charge is 0.399 e. The van der Waals surface area contributed by atoms with Crippen molar-refractivity contribution in [1.29, 1.82) is 0 Å². The number of sulfonamides is 1. The maximum atomic E-state index is 12.1. The molecular formula is C12H18Cl2N2O2S. The number of nitrogens with one attached hydrogen (secondary N) is 1. The van der Waals surface area contributed by atoms with Gasteiger partial charge < -0.3 is 5.73 Å². The Morgan fingerprint density at radius 3 is 2.26 bits per heavy atom. The molecule has 0 saturated heterocycles. The maximum absolute atomic E-state index is 12.1. The molecule has 1 rings (SSSR count). The molecule has 1 aromatic rings. The van der Waals surface area contributed by atoms with Crippen molar-refractivity contribution in [2.45, 2.75) is 31.6 Å². The molecule has 0 bridgehead atoms. The van der Waals surface area contributed by atoms with Crippen molar-refractivity contribution in [3.8, 4) is 0 Å². The van der Waals surface area contributed by atoms with E-state index in [1.807, 2.05) is 0 Å². The average Bonchev–Trinajstić information content (AvgIpc) is 2.22. The van der Waals surface area contributed by atoms with Gasteiger partial charge in [-0.25, -0.2) is 13.1 Å². The molecule has 0 aliphatic carbocycles. The highest BCUT2D eigenvalue weighted by atomic mass is 35.5. The molecule has 0 heterocycles. The second-order valence-electron chi connectivity index (χ2n) is 4.75. The summed E-state index contributed by atoms with van der Waals surface area (Å²) in [6, 6.07) is 2.74. The van der Waals surface area contributed by atoms with E-state index < -0.39 is 10.0 Å². The first kappa shape index (κ1) is 16.6. The summed E-state index contributed by atoms with van der Waals surface area (Å²) >= 11 is 11.8. The molecule has 108 valence electrons. The Balaban J connectivity index is 2.84. The molecule has 3 N–H and O–H groups in total. The molecule has 0 atom stereocenters. The lowest BCUT2D eigenvalue weighted by Gasteiger charge is -2.11. The zero-order valence-corrected chi connectivity index (χ0v) is 13.2. The average molecular weight is 325 g/mol. The van der Waals surface area contributed by atoms with Crippen molar-refractivity contribution in [3.05, 3.63) is 22.2 Å². The Bertz CT molecular complexity index is 522. The van der Waals surface area contributed by atoms with Crippen molar-refractivity contribution in [1.82, 2.24) is 4.72 Å². The second kappa shape index (κ2) is 6.79. The van der Waals surface area contributed by atoms with Crippen molar-refractivity contribution in [3.63, 3.8) is 0 Å². The van der Waals surface area contributed by atoms with E-state index in [9.17, 15) is 8.42 Å². The van der Waals surface area contributed by atoms with Crippen molar-refractivity contribution in [2.24, 2.45) is 5.92 Å². The topological polar surface area (TPSA) is 72.2 Å². The van der Waals surface area contributed by atoms with E-state index >= 15 is 0 Å². The van der Waals surface area contributed by atoms with Gasteiger partial charge in [-0.3, -0.25) is 0 Å². The van der Waals surface area contributed by atoms with Crippen LogP contribution in [0.5, 0.6) is 0 Å². The van der Waals surface area contributed by atoms with Gasteiger partial charge in [0, 0.05) is 12.2 Å². The maximum Gasteiger partial charge on any atom is 0.243 e. The number of nitrogen functional groups attached to an aromatic ring is 1. The number of hydrogen-bond acceptors (Lipinski definition) is 3. The van der Waals surface area contributed by atoms with Gasteiger partial charge in [-0.05, 0) is 30.9 Å². The van der Waals surface area contributed by atoms with E-state index in [-0.39, 0.29) is 14.9 Å². The number of hydrogen-bond donors (Lipinski definition) is 2. The Labute approximate surface area is 124 Å². The van der Waals surface area contributed by atoms with Gasteiger partial charge in [0.2, 0.25) is 10.0 Å². The van der Waals surface area contributed by atoms with Crippen LogP contribution in [0.25, 0.3) is 0 Å². The lowest BCUT2D eigenvalue weighted by molar-refractivity contribution is 0.540. The predicted molar refractivity (Wildman–Crippen MR) is 80.1 cm³/mol. The summed E-state index contributed by atoms with van der Waals surface area (Å²) in [6.07, 6.45) is 1.72. The molecule has 0 amide bonds. The molecule has 0 radical (unpaired) electrons. The van der Waals surface area contributed by atoms with Crippen LogP contribution in [-0.2, 0) is 10.0 Å². The van der Waals surface area contributed by atoms with E-state index in [2.05, 4.69) is 18.6 Å². The quantitative estimate of drug-likeness (QED) is 0.623.